The Morgan fingerprint density at radius 3 is 2.32 bits per heavy atom. The van der Waals surface area contributed by atoms with E-state index in [1.165, 1.54) is 18.0 Å². The largest absolute Gasteiger partial charge is 0.459 e. The van der Waals surface area contributed by atoms with Gasteiger partial charge in [-0.1, -0.05) is 12.1 Å². The lowest BCUT2D eigenvalue weighted by molar-refractivity contribution is -0.122. The predicted molar refractivity (Wildman–Crippen MR) is 113 cm³/mol. The molecule has 1 aromatic carbocycles. The quantitative estimate of drug-likeness (QED) is 0.537. The number of furan rings is 1. The zero-order valence-corrected chi connectivity index (χ0v) is 17.7. The van der Waals surface area contributed by atoms with Crippen LogP contribution in [0.5, 0.6) is 0 Å². The third-order valence-corrected chi connectivity index (χ3v) is 6.73. The van der Waals surface area contributed by atoms with Gasteiger partial charge in [0.05, 0.1) is 11.8 Å². The van der Waals surface area contributed by atoms with Crippen LogP contribution in [0.3, 0.4) is 0 Å². The highest BCUT2D eigenvalue weighted by molar-refractivity contribution is 7.99. The summed E-state index contributed by atoms with van der Waals surface area (Å²) in [6.07, 6.45) is 1.46. The van der Waals surface area contributed by atoms with E-state index in [1.807, 2.05) is 12.1 Å². The van der Waals surface area contributed by atoms with Crippen LogP contribution in [-0.4, -0.2) is 71.0 Å². The Bertz CT molecular complexity index is 1020. The number of rotatable bonds is 5. The Labute approximate surface area is 183 Å². The molecule has 3 heterocycles. The Morgan fingerprint density at radius 1 is 1.03 bits per heavy atom. The second-order valence-corrected chi connectivity index (χ2v) is 8.60. The fourth-order valence-corrected chi connectivity index (χ4v) is 4.64. The smallest absolute Gasteiger partial charge is 0.322 e. The third kappa shape index (κ3) is 4.29. The van der Waals surface area contributed by atoms with Crippen LogP contribution in [0.4, 0.5) is 4.79 Å². The molecule has 2 aliphatic rings. The number of amides is 5. The number of thioether (sulfide) groups is 1. The van der Waals surface area contributed by atoms with E-state index in [4.69, 9.17) is 4.42 Å². The maximum absolute atomic E-state index is 13.2. The lowest BCUT2D eigenvalue weighted by Gasteiger charge is -2.34. The average Bonchev–Trinajstić information content (AvgIpc) is 3.40. The molecule has 162 valence electrons. The molecule has 0 spiro atoms. The van der Waals surface area contributed by atoms with Crippen molar-refractivity contribution in [2.45, 2.75) is 17.4 Å². The zero-order valence-electron chi connectivity index (χ0n) is 16.9. The molecule has 0 unspecified atom stereocenters. The van der Waals surface area contributed by atoms with Crippen molar-refractivity contribution in [2.75, 3.05) is 31.9 Å². The van der Waals surface area contributed by atoms with Gasteiger partial charge in [0.25, 0.3) is 17.7 Å². The fraction of sp³-hybridized carbons (Fsp3) is 0.333. The lowest BCUT2D eigenvalue weighted by Crippen LogP contribution is -2.50. The topological polar surface area (TPSA) is 112 Å². The summed E-state index contributed by atoms with van der Waals surface area (Å²) in [5.74, 6) is -0.110. The van der Waals surface area contributed by atoms with Crippen molar-refractivity contribution in [3.8, 4) is 0 Å². The highest BCUT2D eigenvalue weighted by Crippen LogP contribution is 2.28. The SMILES string of the molecule is C[C@@]1(CSc2ccccc2C(=O)N2CCN(C(=O)c3ccco3)CC2)NC(=O)NC1=O. The maximum Gasteiger partial charge on any atom is 0.322 e. The van der Waals surface area contributed by atoms with Crippen molar-refractivity contribution in [1.29, 1.82) is 0 Å². The van der Waals surface area contributed by atoms with Crippen LogP contribution in [0.2, 0.25) is 0 Å². The van der Waals surface area contributed by atoms with E-state index in [2.05, 4.69) is 10.6 Å². The molecule has 9 nitrogen and oxygen atoms in total. The lowest BCUT2D eigenvalue weighted by atomic mass is 10.1. The summed E-state index contributed by atoms with van der Waals surface area (Å²) >= 11 is 1.34. The van der Waals surface area contributed by atoms with Crippen LogP contribution in [0.15, 0.2) is 52.0 Å². The van der Waals surface area contributed by atoms with E-state index < -0.39 is 11.6 Å². The Hall–Kier alpha value is -3.27. The van der Waals surface area contributed by atoms with Gasteiger partial charge in [-0.3, -0.25) is 19.7 Å². The molecule has 0 saturated carbocycles. The van der Waals surface area contributed by atoms with E-state index >= 15 is 0 Å². The van der Waals surface area contributed by atoms with E-state index in [9.17, 15) is 19.2 Å². The van der Waals surface area contributed by atoms with Gasteiger partial charge in [0.2, 0.25) is 0 Å². The molecule has 0 aliphatic carbocycles. The van der Waals surface area contributed by atoms with Gasteiger partial charge in [0.15, 0.2) is 5.76 Å². The summed E-state index contributed by atoms with van der Waals surface area (Å²) in [4.78, 5) is 53.2. The number of imide groups is 1. The molecule has 5 amide bonds. The molecule has 2 aromatic rings. The van der Waals surface area contributed by atoms with Gasteiger partial charge < -0.3 is 19.5 Å². The number of carbonyl (C=O) groups is 4. The number of hydrogen-bond acceptors (Lipinski definition) is 6. The molecular weight excluding hydrogens is 420 g/mol. The number of benzene rings is 1. The van der Waals surface area contributed by atoms with E-state index in [0.29, 0.717) is 37.5 Å². The van der Waals surface area contributed by atoms with E-state index in [-0.39, 0.29) is 23.5 Å². The Balaban J connectivity index is 1.40. The van der Waals surface area contributed by atoms with E-state index in [0.717, 1.165) is 4.90 Å². The highest BCUT2D eigenvalue weighted by atomic mass is 32.2. The van der Waals surface area contributed by atoms with Crippen molar-refractivity contribution >= 4 is 35.5 Å². The molecule has 2 N–H and O–H groups in total. The molecular formula is C21H22N4O5S. The number of urea groups is 1. The number of nitrogens with one attached hydrogen (secondary N) is 2. The van der Waals surface area contributed by atoms with E-state index in [1.54, 1.807) is 41.0 Å². The van der Waals surface area contributed by atoms with Gasteiger partial charge in [-0.2, -0.15) is 0 Å². The van der Waals surface area contributed by atoms with Crippen molar-refractivity contribution in [3.05, 3.63) is 54.0 Å². The number of carbonyl (C=O) groups excluding carboxylic acids is 4. The summed E-state index contributed by atoms with van der Waals surface area (Å²) in [5.41, 5.74) is -0.498. The minimum atomic E-state index is -1.03. The molecule has 0 radical (unpaired) electrons. The highest BCUT2D eigenvalue weighted by Gasteiger charge is 2.42. The summed E-state index contributed by atoms with van der Waals surface area (Å²) in [5, 5.41) is 4.87. The summed E-state index contributed by atoms with van der Waals surface area (Å²) in [7, 11) is 0. The van der Waals surface area contributed by atoms with Gasteiger partial charge in [-0.25, -0.2) is 4.79 Å². The van der Waals surface area contributed by atoms with Gasteiger partial charge in [0, 0.05) is 36.8 Å². The van der Waals surface area contributed by atoms with Gasteiger partial charge in [-0.15, -0.1) is 11.8 Å². The molecule has 2 saturated heterocycles. The Kier molecular flexibility index (Phi) is 5.73. The first-order chi connectivity index (χ1) is 14.9. The molecule has 1 aromatic heterocycles. The van der Waals surface area contributed by atoms with Crippen LogP contribution >= 0.6 is 11.8 Å². The van der Waals surface area contributed by atoms with Gasteiger partial charge in [-0.05, 0) is 31.2 Å². The van der Waals surface area contributed by atoms with Crippen LogP contribution in [0.25, 0.3) is 0 Å². The first kappa shape index (κ1) is 21.0. The third-order valence-electron chi connectivity index (χ3n) is 5.34. The summed E-state index contributed by atoms with van der Waals surface area (Å²) < 4.78 is 5.17. The van der Waals surface area contributed by atoms with Crippen LogP contribution < -0.4 is 10.6 Å². The minimum absolute atomic E-state index is 0.127. The molecule has 4 rings (SSSR count). The average molecular weight is 442 g/mol. The van der Waals surface area contributed by atoms with Gasteiger partial charge >= 0.3 is 6.03 Å². The molecule has 0 bridgehead atoms. The summed E-state index contributed by atoms with van der Waals surface area (Å²) in [6.45, 7) is 3.33. The minimum Gasteiger partial charge on any atom is -0.459 e. The molecule has 2 aliphatic heterocycles. The van der Waals surface area contributed by atoms with Crippen molar-refractivity contribution in [3.63, 3.8) is 0 Å². The number of hydrogen-bond donors (Lipinski definition) is 2. The van der Waals surface area contributed by atoms with Gasteiger partial charge in [0.1, 0.15) is 5.54 Å². The second kappa shape index (κ2) is 8.46. The number of nitrogens with zero attached hydrogens (tertiary/aromatic N) is 2. The van der Waals surface area contributed by atoms with Crippen molar-refractivity contribution < 1.29 is 23.6 Å². The van der Waals surface area contributed by atoms with Crippen molar-refractivity contribution in [2.24, 2.45) is 0 Å². The van der Waals surface area contributed by atoms with Crippen molar-refractivity contribution in [1.82, 2.24) is 20.4 Å². The van der Waals surface area contributed by atoms with Crippen LogP contribution in [-0.2, 0) is 4.79 Å². The normalized spacial score (nSPS) is 21.1. The fourth-order valence-electron chi connectivity index (χ4n) is 3.51. The maximum atomic E-state index is 13.2. The molecule has 10 heteroatoms. The predicted octanol–water partition coefficient (Wildman–Crippen LogP) is 1.57. The molecule has 31 heavy (non-hydrogen) atoms. The second-order valence-electron chi connectivity index (χ2n) is 7.59. The molecule has 1 atom stereocenters. The first-order valence-electron chi connectivity index (χ1n) is 9.85. The molecule has 2 fully saturated rings. The summed E-state index contributed by atoms with van der Waals surface area (Å²) in [6, 6.07) is 9.98. The van der Waals surface area contributed by atoms with Crippen LogP contribution in [0.1, 0.15) is 27.8 Å². The Morgan fingerprint density at radius 2 is 1.71 bits per heavy atom. The first-order valence-corrected chi connectivity index (χ1v) is 10.8. The van der Waals surface area contributed by atoms with Crippen LogP contribution in [0, 0.1) is 0 Å². The number of piperazine rings is 1. The zero-order chi connectivity index (χ0) is 22.0. The monoisotopic (exact) mass is 442 g/mol. The standard InChI is InChI=1S/C21H22N4O5S/c1-21(19(28)22-20(29)23-21)13-31-16-7-3-2-5-14(16)17(26)24-8-10-25(11-9-24)18(27)15-6-4-12-30-15/h2-7,12H,8-11,13H2,1H3,(H2,22,23,28,29)/t21-/m0/s1.